The maximum atomic E-state index is 11.2. The summed E-state index contributed by atoms with van der Waals surface area (Å²) in [5.41, 5.74) is 5.34. The van der Waals surface area contributed by atoms with Crippen molar-refractivity contribution in [2.45, 2.75) is 39.3 Å². The Kier molecular flexibility index (Phi) is 16.7. The molecule has 2 atom stereocenters. The second-order valence-corrected chi connectivity index (χ2v) is 9.02. The van der Waals surface area contributed by atoms with Crippen LogP contribution in [0.5, 0.6) is 11.5 Å². The molecule has 0 bridgehead atoms. The van der Waals surface area contributed by atoms with E-state index in [0.29, 0.717) is 23.3 Å². The van der Waals surface area contributed by atoms with Crippen LogP contribution in [0.4, 0.5) is 5.69 Å². The minimum Gasteiger partial charge on any atom is -0.490 e. The zero-order valence-electron chi connectivity index (χ0n) is 25.8. The summed E-state index contributed by atoms with van der Waals surface area (Å²) in [4.78, 5) is 52.6. The first-order valence-corrected chi connectivity index (χ1v) is 13.6. The van der Waals surface area contributed by atoms with E-state index in [0.717, 1.165) is 12.2 Å². The molecule has 0 heterocycles. The van der Waals surface area contributed by atoms with Crippen LogP contribution >= 0.6 is 0 Å². The van der Waals surface area contributed by atoms with E-state index in [9.17, 15) is 39.5 Å². The van der Waals surface area contributed by atoms with E-state index >= 15 is 0 Å². The SMILES string of the molecule is CC(=O)OCCOC1(O)C=CC(O)(OCCOC(C)=O)C([N+](=O)[O-])=C1.CC(=O)OCCOc1ccc(OCCOC(C)=O)c(N)c1. The number of rotatable bonds is 17. The molecule has 1 aliphatic rings. The van der Waals surface area contributed by atoms with Crippen LogP contribution in [-0.4, -0.2) is 103 Å². The van der Waals surface area contributed by atoms with Crippen molar-refractivity contribution in [1.29, 1.82) is 0 Å². The molecular weight excluding hydrogens is 620 g/mol. The van der Waals surface area contributed by atoms with Gasteiger partial charge in [0.05, 0.1) is 29.9 Å². The molecule has 1 aromatic carbocycles. The molecule has 46 heavy (non-hydrogen) atoms. The van der Waals surface area contributed by atoms with Gasteiger partial charge in [-0.15, -0.1) is 0 Å². The molecule has 256 valence electrons. The van der Waals surface area contributed by atoms with E-state index in [1.165, 1.54) is 27.7 Å². The predicted molar refractivity (Wildman–Crippen MR) is 154 cm³/mol. The Bertz CT molecular complexity index is 1270. The number of benzene rings is 1. The fourth-order valence-corrected chi connectivity index (χ4v) is 3.26. The van der Waals surface area contributed by atoms with Gasteiger partial charge in [-0.2, -0.15) is 0 Å². The maximum absolute atomic E-state index is 11.2. The number of hydrogen-bond acceptors (Lipinski definition) is 17. The lowest BCUT2D eigenvalue weighted by atomic mass is 10.0. The highest BCUT2D eigenvalue weighted by atomic mass is 16.7. The molecule has 4 N–H and O–H groups in total. The van der Waals surface area contributed by atoms with E-state index in [4.69, 9.17) is 34.2 Å². The van der Waals surface area contributed by atoms with Gasteiger partial charge in [-0.1, -0.05) is 0 Å². The first kappa shape index (κ1) is 39.2. The molecule has 0 spiro atoms. The third-order valence-corrected chi connectivity index (χ3v) is 5.17. The van der Waals surface area contributed by atoms with Crippen molar-refractivity contribution in [1.82, 2.24) is 0 Å². The lowest BCUT2D eigenvalue weighted by molar-refractivity contribution is -0.460. The van der Waals surface area contributed by atoms with Crippen LogP contribution in [0.25, 0.3) is 0 Å². The standard InChI is InChI=1S/C14H19NO10.C14H19NO6/c1-10(16)22-5-7-24-13(18)3-4-14(19,12(9-13)15(20)21)25-8-6-23-11(2)17;1-10(16)18-5-7-20-12-3-4-14(13(15)9-12)21-8-6-19-11(2)17/h3-4,9,18-19H,5-8H2,1-2H3;3-4,9H,5-8,15H2,1-2H3. The third-order valence-electron chi connectivity index (χ3n) is 5.17. The molecule has 1 aromatic rings. The van der Waals surface area contributed by atoms with Gasteiger partial charge in [0.25, 0.3) is 5.79 Å². The molecule has 0 saturated carbocycles. The number of nitrogen functional groups attached to an aromatic ring is 1. The number of aliphatic hydroxyl groups is 2. The van der Waals surface area contributed by atoms with Crippen molar-refractivity contribution in [3.63, 3.8) is 0 Å². The second-order valence-electron chi connectivity index (χ2n) is 9.02. The summed E-state index contributed by atoms with van der Waals surface area (Å²) in [6.07, 6.45) is 2.44. The van der Waals surface area contributed by atoms with Crippen molar-refractivity contribution >= 4 is 29.6 Å². The van der Waals surface area contributed by atoms with Gasteiger partial charge < -0.3 is 53.8 Å². The molecular formula is C28H38N2O16. The molecule has 18 nitrogen and oxygen atoms in total. The number of carbonyl (C=O) groups is 4. The molecule has 0 aromatic heterocycles. The first-order valence-electron chi connectivity index (χ1n) is 13.6. The molecule has 2 unspecified atom stereocenters. The fraction of sp³-hybridized carbons (Fsp3) is 0.500. The van der Waals surface area contributed by atoms with Gasteiger partial charge in [-0.25, -0.2) is 0 Å². The fourth-order valence-electron chi connectivity index (χ4n) is 3.26. The van der Waals surface area contributed by atoms with E-state index in [-0.39, 0.29) is 64.8 Å². The number of ether oxygens (including phenoxy) is 8. The molecule has 0 radical (unpaired) electrons. The number of nitrogens with zero attached hydrogens (tertiary/aromatic N) is 1. The molecule has 0 saturated heterocycles. The van der Waals surface area contributed by atoms with Gasteiger partial charge in [0.2, 0.25) is 5.79 Å². The van der Waals surface area contributed by atoms with Gasteiger partial charge in [-0.05, 0) is 24.3 Å². The molecule has 0 amide bonds. The monoisotopic (exact) mass is 658 g/mol. The van der Waals surface area contributed by atoms with E-state index in [2.05, 4.69) is 9.47 Å². The molecule has 2 rings (SSSR count). The van der Waals surface area contributed by atoms with Crippen LogP contribution in [-0.2, 0) is 47.6 Å². The summed E-state index contributed by atoms with van der Waals surface area (Å²) in [5, 5.41) is 31.6. The maximum Gasteiger partial charge on any atom is 0.311 e. The Morgan fingerprint density at radius 1 is 0.739 bits per heavy atom. The molecule has 18 heteroatoms. The first-order chi connectivity index (χ1) is 21.6. The quantitative estimate of drug-likeness (QED) is 0.0299. The zero-order valence-corrected chi connectivity index (χ0v) is 25.8. The summed E-state index contributed by atoms with van der Waals surface area (Å²) in [7, 11) is 0. The van der Waals surface area contributed by atoms with Crippen molar-refractivity contribution < 1.29 is 72.2 Å². The number of carbonyl (C=O) groups excluding carboxylic acids is 4. The Hall–Kier alpha value is -4.78. The Balaban J connectivity index is 0.000000467. The topological polar surface area (TPSA) is 252 Å². The lowest BCUT2D eigenvalue weighted by Gasteiger charge is -2.30. The largest absolute Gasteiger partial charge is 0.490 e. The van der Waals surface area contributed by atoms with Gasteiger partial charge in [0.15, 0.2) is 0 Å². The summed E-state index contributed by atoms with van der Waals surface area (Å²) in [5.74, 6) is -5.43. The Morgan fingerprint density at radius 3 is 1.70 bits per heavy atom. The normalized spacial score (nSPS) is 18.2. The number of hydrogen-bond donors (Lipinski definition) is 3. The molecule has 1 aliphatic carbocycles. The molecule has 0 aliphatic heterocycles. The summed E-state index contributed by atoms with van der Waals surface area (Å²) in [6.45, 7) is 4.86. The van der Waals surface area contributed by atoms with E-state index < -0.39 is 34.1 Å². The predicted octanol–water partition coefficient (Wildman–Crippen LogP) is 0.406. The number of nitrogens with two attached hydrogens (primary N) is 1. The van der Waals surface area contributed by atoms with Crippen molar-refractivity contribution in [2.75, 3.05) is 58.6 Å². The van der Waals surface area contributed by atoms with Crippen LogP contribution in [0.15, 0.2) is 42.1 Å². The highest BCUT2D eigenvalue weighted by Crippen LogP contribution is 2.31. The third kappa shape index (κ3) is 15.8. The smallest absolute Gasteiger partial charge is 0.311 e. The van der Waals surface area contributed by atoms with E-state index in [1.54, 1.807) is 18.2 Å². The second kappa shape index (κ2) is 19.6. The van der Waals surface area contributed by atoms with Gasteiger partial charge in [0, 0.05) is 33.8 Å². The minimum absolute atomic E-state index is 0.162. The lowest BCUT2D eigenvalue weighted by Crippen LogP contribution is -2.44. The van der Waals surface area contributed by atoms with Gasteiger partial charge in [-0.3, -0.25) is 29.3 Å². The Labute approximate surface area is 263 Å². The Morgan fingerprint density at radius 2 is 1.22 bits per heavy atom. The highest BCUT2D eigenvalue weighted by molar-refractivity contribution is 5.66. The zero-order chi connectivity index (χ0) is 34.8. The average Bonchev–Trinajstić information content (AvgIpc) is 2.96. The average molecular weight is 659 g/mol. The van der Waals surface area contributed by atoms with Gasteiger partial charge in [0.1, 0.15) is 51.1 Å². The molecule has 0 fully saturated rings. The van der Waals surface area contributed by atoms with Crippen molar-refractivity contribution in [3.8, 4) is 11.5 Å². The summed E-state index contributed by atoms with van der Waals surface area (Å²) < 4.78 is 39.4. The number of nitro groups is 1. The summed E-state index contributed by atoms with van der Waals surface area (Å²) in [6, 6.07) is 4.95. The van der Waals surface area contributed by atoms with Crippen LogP contribution < -0.4 is 15.2 Å². The van der Waals surface area contributed by atoms with Crippen LogP contribution in [0.1, 0.15) is 27.7 Å². The van der Waals surface area contributed by atoms with Crippen LogP contribution in [0.2, 0.25) is 0 Å². The van der Waals surface area contributed by atoms with Gasteiger partial charge >= 0.3 is 29.6 Å². The summed E-state index contributed by atoms with van der Waals surface area (Å²) >= 11 is 0. The number of esters is 4. The van der Waals surface area contributed by atoms with E-state index in [1.807, 2.05) is 0 Å². The minimum atomic E-state index is -2.44. The van der Waals surface area contributed by atoms with Crippen molar-refractivity contribution in [3.05, 3.63) is 52.2 Å². The van der Waals surface area contributed by atoms with Crippen LogP contribution in [0.3, 0.4) is 0 Å². The van der Waals surface area contributed by atoms with Crippen molar-refractivity contribution in [2.24, 2.45) is 0 Å². The number of anilines is 1. The highest BCUT2D eigenvalue weighted by Gasteiger charge is 2.47. The van der Waals surface area contributed by atoms with Crippen LogP contribution in [0, 0.1) is 10.1 Å².